The van der Waals surface area contributed by atoms with Gasteiger partial charge in [0.25, 0.3) is 5.56 Å². The van der Waals surface area contributed by atoms with Gasteiger partial charge in [0.1, 0.15) is 17.2 Å². The van der Waals surface area contributed by atoms with Crippen LogP contribution in [-0.2, 0) is 11.3 Å². The SMILES string of the molecule is Cc1sc2nc(C)n(CC(=O)N3CCN(c4nccs4)CC3)c(=O)c2c1C. The quantitative estimate of drug-likeness (QED) is 0.670. The zero-order valence-electron chi connectivity index (χ0n) is 15.6. The van der Waals surface area contributed by atoms with Crippen LogP contribution in [-0.4, -0.2) is 51.5 Å². The molecule has 4 rings (SSSR count). The molecule has 7 nitrogen and oxygen atoms in total. The number of thiazole rings is 1. The summed E-state index contributed by atoms with van der Waals surface area (Å²) >= 11 is 3.14. The van der Waals surface area contributed by atoms with E-state index >= 15 is 0 Å². The molecule has 0 atom stereocenters. The summed E-state index contributed by atoms with van der Waals surface area (Å²) in [5.41, 5.74) is 0.847. The largest absolute Gasteiger partial charge is 0.345 e. The fraction of sp³-hybridized carbons (Fsp3) is 0.444. The Morgan fingerprint density at radius 2 is 1.93 bits per heavy atom. The summed E-state index contributed by atoms with van der Waals surface area (Å²) in [6, 6.07) is 0. The third-order valence-electron chi connectivity index (χ3n) is 5.10. The molecular formula is C18H21N5O2S2. The number of aromatic nitrogens is 3. The van der Waals surface area contributed by atoms with E-state index in [0.717, 1.165) is 33.5 Å². The number of aryl methyl sites for hydroxylation is 3. The van der Waals surface area contributed by atoms with Crippen LogP contribution in [0.5, 0.6) is 0 Å². The maximum atomic E-state index is 13.0. The van der Waals surface area contributed by atoms with Gasteiger partial charge in [0, 0.05) is 42.6 Å². The lowest BCUT2D eigenvalue weighted by Crippen LogP contribution is -2.50. The Morgan fingerprint density at radius 3 is 2.59 bits per heavy atom. The molecule has 27 heavy (non-hydrogen) atoms. The number of amides is 1. The zero-order valence-corrected chi connectivity index (χ0v) is 17.2. The summed E-state index contributed by atoms with van der Waals surface area (Å²) in [6.45, 7) is 8.56. The highest BCUT2D eigenvalue weighted by molar-refractivity contribution is 7.18. The third-order valence-corrected chi connectivity index (χ3v) is 7.03. The fourth-order valence-electron chi connectivity index (χ4n) is 3.37. The Bertz CT molecular complexity index is 1050. The van der Waals surface area contributed by atoms with E-state index in [9.17, 15) is 9.59 Å². The van der Waals surface area contributed by atoms with Gasteiger partial charge in [0.15, 0.2) is 5.13 Å². The molecule has 3 aromatic rings. The predicted molar refractivity (Wildman–Crippen MR) is 109 cm³/mol. The van der Waals surface area contributed by atoms with E-state index in [4.69, 9.17) is 0 Å². The van der Waals surface area contributed by atoms with E-state index in [0.29, 0.717) is 24.3 Å². The minimum atomic E-state index is -0.117. The van der Waals surface area contributed by atoms with Crippen LogP contribution < -0.4 is 10.5 Å². The number of rotatable bonds is 3. The van der Waals surface area contributed by atoms with Crippen molar-refractivity contribution in [1.29, 1.82) is 0 Å². The molecular weight excluding hydrogens is 382 g/mol. The second-order valence-electron chi connectivity index (χ2n) is 6.70. The molecule has 0 saturated carbocycles. The van der Waals surface area contributed by atoms with Crippen LogP contribution in [0.15, 0.2) is 16.4 Å². The standard InChI is InChI=1S/C18H21N5O2S2/c1-11-12(2)27-16-15(11)17(25)23(13(3)20-16)10-14(24)21-5-7-22(8-6-21)18-19-4-9-26-18/h4,9H,5-8,10H2,1-3H3. The normalized spacial score (nSPS) is 14.9. The average molecular weight is 404 g/mol. The number of thiophene rings is 1. The van der Waals surface area contributed by atoms with Gasteiger partial charge in [-0.1, -0.05) is 0 Å². The van der Waals surface area contributed by atoms with Crippen molar-refractivity contribution in [3.63, 3.8) is 0 Å². The summed E-state index contributed by atoms with van der Waals surface area (Å²) in [5.74, 6) is 0.549. The third kappa shape index (κ3) is 3.25. The molecule has 0 aliphatic carbocycles. The van der Waals surface area contributed by atoms with Crippen molar-refractivity contribution in [2.75, 3.05) is 31.1 Å². The molecule has 1 aliphatic heterocycles. The van der Waals surface area contributed by atoms with Crippen molar-refractivity contribution < 1.29 is 4.79 Å². The first-order valence-electron chi connectivity index (χ1n) is 8.85. The van der Waals surface area contributed by atoms with Crippen LogP contribution in [0.1, 0.15) is 16.3 Å². The first kappa shape index (κ1) is 18.1. The first-order chi connectivity index (χ1) is 13.0. The molecule has 0 bridgehead atoms. The van der Waals surface area contributed by atoms with Crippen molar-refractivity contribution >= 4 is 43.9 Å². The van der Waals surface area contributed by atoms with Gasteiger partial charge in [-0.25, -0.2) is 9.97 Å². The topological polar surface area (TPSA) is 71.3 Å². The Labute approximate surface area is 164 Å². The smallest absolute Gasteiger partial charge is 0.263 e. The molecule has 0 N–H and O–H groups in total. The Kier molecular flexibility index (Phi) is 4.73. The minimum absolute atomic E-state index is 0.0373. The summed E-state index contributed by atoms with van der Waals surface area (Å²) in [5, 5.41) is 3.59. The highest BCUT2D eigenvalue weighted by Crippen LogP contribution is 2.26. The van der Waals surface area contributed by atoms with E-state index in [1.807, 2.05) is 24.1 Å². The van der Waals surface area contributed by atoms with Gasteiger partial charge >= 0.3 is 0 Å². The van der Waals surface area contributed by atoms with E-state index in [1.165, 1.54) is 15.9 Å². The molecule has 1 amide bonds. The van der Waals surface area contributed by atoms with Crippen molar-refractivity contribution in [3.8, 4) is 0 Å². The van der Waals surface area contributed by atoms with Crippen LogP contribution in [0, 0.1) is 20.8 Å². The van der Waals surface area contributed by atoms with E-state index in [-0.39, 0.29) is 18.0 Å². The van der Waals surface area contributed by atoms with Gasteiger partial charge in [0.2, 0.25) is 5.91 Å². The molecule has 0 radical (unpaired) electrons. The maximum absolute atomic E-state index is 13.0. The van der Waals surface area contributed by atoms with E-state index in [1.54, 1.807) is 24.5 Å². The monoisotopic (exact) mass is 403 g/mol. The highest BCUT2D eigenvalue weighted by Gasteiger charge is 2.24. The van der Waals surface area contributed by atoms with Crippen LogP contribution in [0.2, 0.25) is 0 Å². The van der Waals surface area contributed by atoms with Crippen molar-refractivity contribution in [1.82, 2.24) is 19.4 Å². The lowest BCUT2D eigenvalue weighted by Gasteiger charge is -2.34. The van der Waals surface area contributed by atoms with Crippen LogP contribution in [0.25, 0.3) is 10.2 Å². The van der Waals surface area contributed by atoms with Crippen molar-refractivity contribution in [2.24, 2.45) is 0 Å². The molecule has 0 unspecified atom stereocenters. The first-order valence-corrected chi connectivity index (χ1v) is 10.5. The van der Waals surface area contributed by atoms with Gasteiger partial charge in [-0.2, -0.15) is 0 Å². The second-order valence-corrected chi connectivity index (χ2v) is 8.77. The second kappa shape index (κ2) is 7.05. The van der Waals surface area contributed by atoms with E-state index < -0.39 is 0 Å². The summed E-state index contributed by atoms with van der Waals surface area (Å²) < 4.78 is 1.51. The number of carbonyl (C=O) groups excluding carboxylic acids is 1. The number of anilines is 1. The molecule has 0 spiro atoms. The number of nitrogens with zero attached hydrogens (tertiary/aromatic N) is 5. The molecule has 1 fully saturated rings. The molecule has 1 saturated heterocycles. The van der Waals surface area contributed by atoms with Gasteiger partial charge in [0.05, 0.1) is 5.39 Å². The highest BCUT2D eigenvalue weighted by atomic mass is 32.1. The predicted octanol–water partition coefficient (Wildman–Crippen LogP) is 2.19. The van der Waals surface area contributed by atoms with Crippen molar-refractivity contribution in [3.05, 3.63) is 38.2 Å². The number of piperazine rings is 1. The average Bonchev–Trinajstić information content (AvgIpc) is 3.28. The summed E-state index contributed by atoms with van der Waals surface area (Å²) in [6.07, 6.45) is 1.80. The Balaban J connectivity index is 1.52. The Hall–Kier alpha value is -2.26. The lowest BCUT2D eigenvalue weighted by molar-refractivity contribution is -0.132. The molecule has 3 aromatic heterocycles. The molecule has 0 aromatic carbocycles. The van der Waals surface area contributed by atoms with Gasteiger partial charge < -0.3 is 9.80 Å². The van der Waals surface area contributed by atoms with Crippen LogP contribution in [0.4, 0.5) is 5.13 Å². The summed E-state index contributed by atoms with van der Waals surface area (Å²) in [4.78, 5) is 40.5. The molecule has 1 aliphatic rings. The van der Waals surface area contributed by atoms with Crippen LogP contribution in [0.3, 0.4) is 0 Å². The molecule has 4 heterocycles. The lowest BCUT2D eigenvalue weighted by atomic mass is 10.2. The van der Waals surface area contributed by atoms with Crippen LogP contribution >= 0.6 is 22.7 Å². The van der Waals surface area contributed by atoms with Crippen molar-refractivity contribution in [2.45, 2.75) is 27.3 Å². The van der Waals surface area contributed by atoms with Gasteiger partial charge in [-0.15, -0.1) is 22.7 Å². The maximum Gasteiger partial charge on any atom is 0.263 e. The summed E-state index contributed by atoms with van der Waals surface area (Å²) in [7, 11) is 0. The number of hydrogen-bond acceptors (Lipinski definition) is 7. The number of carbonyl (C=O) groups is 1. The fourth-order valence-corrected chi connectivity index (χ4v) is 5.13. The number of hydrogen-bond donors (Lipinski definition) is 0. The number of fused-ring (bicyclic) bond motifs is 1. The van der Waals surface area contributed by atoms with E-state index in [2.05, 4.69) is 14.9 Å². The zero-order chi connectivity index (χ0) is 19.1. The van der Waals surface area contributed by atoms with Gasteiger partial charge in [-0.05, 0) is 26.3 Å². The minimum Gasteiger partial charge on any atom is -0.345 e. The molecule has 142 valence electrons. The Morgan fingerprint density at radius 1 is 1.19 bits per heavy atom. The molecule has 9 heteroatoms. The van der Waals surface area contributed by atoms with Gasteiger partial charge in [-0.3, -0.25) is 14.2 Å².